The molecule has 0 saturated carbocycles. The van der Waals surface area contributed by atoms with Crippen LogP contribution in [0, 0.1) is 5.82 Å². The van der Waals surface area contributed by atoms with Gasteiger partial charge in [-0.15, -0.1) is 0 Å². The minimum atomic E-state index is -0.750. The first-order valence-electron chi connectivity index (χ1n) is 12.2. The molecule has 0 radical (unpaired) electrons. The summed E-state index contributed by atoms with van der Waals surface area (Å²) in [5.41, 5.74) is 3.05. The zero-order chi connectivity index (χ0) is 25.7. The van der Waals surface area contributed by atoms with Crippen LogP contribution in [0.15, 0.2) is 66.7 Å². The number of amides is 3. The second-order valence-electron chi connectivity index (χ2n) is 9.37. The monoisotopic (exact) mass is 500 g/mol. The van der Waals surface area contributed by atoms with Crippen molar-refractivity contribution in [2.45, 2.75) is 6.10 Å². The molecule has 0 bridgehead atoms. The Labute approximate surface area is 213 Å². The van der Waals surface area contributed by atoms with E-state index in [4.69, 9.17) is 4.74 Å². The van der Waals surface area contributed by atoms with Gasteiger partial charge in [-0.1, -0.05) is 30.3 Å². The van der Waals surface area contributed by atoms with Crippen molar-refractivity contribution >= 4 is 35.0 Å². The number of rotatable bonds is 4. The predicted molar refractivity (Wildman–Crippen MR) is 137 cm³/mol. The quantitative estimate of drug-likeness (QED) is 0.503. The molecule has 2 fully saturated rings. The molecular weight excluding hydrogens is 475 g/mol. The lowest BCUT2D eigenvalue weighted by atomic mass is 9.98. The molecule has 37 heavy (non-hydrogen) atoms. The van der Waals surface area contributed by atoms with E-state index in [2.05, 4.69) is 17.0 Å². The van der Waals surface area contributed by atoms with Gasteiger partial charge in [-0.2, -0.15) is 0 Å². The Morgan fingerprint density at radius 1 is 0.811 bits per heavy atom. The number of para-hydroxylation sites is 1. The van der Waals surface area contributed by atoms with Crippen molar-refractivity contribution in [1.29, 1.82) is 0 Å². The summed E-state index contributed by atoms with van der Waals surface area (Å²) < 4.78 is 20.8. The van der Waals surface area contributed by atoms with Gasteiger partial charge in [0.1, 0.15) is 11.9 Å². The average Bonchev–Trinajstić information content (AvgIpc) is 3.42. The minimum absolute atomic E-state index is 0.106. The molecule has 3 aromatic carbocycles. The van der Waals surface area contributed by atoms with Crippen LogP contribution in [0.3, 0.4) is 0 Å². The van der Waals surface area contributed by atoms with E-state index in [9.17, 15) is 14.4 Å². The highest BCUT2D eigenvalue weighted by Crippen LogP contribution is 2.36. The number of carbonyl (C=O) groups excluding carboxylic acids is 3. The molecule has 8 nitrogen and oxygen atoms in total. The summed E-state index contributed by atoms with van der Waals surface area (Å²) in [5.74, 6) is -1.22. The summed E-state index contributed by atoms with van der Waals surface area (Å²) in [7, 11) is 1.42. The summed E-state index contributed by atoms with van der Waals surface area (Å²) in [6.45, 7) is 3.03. The van der Waals surface area contributed by atoms with Crippen LogP contribution in [0.5, 0.6) is 0 Å². The van der Waals surface area contributed by atoms with E-state index in [1.165, 1.54) is 18.0 Å². The van der Waals surface area contributed by atoms with Crippen molar-refractivity contribution in [3.8, 4) is 0 Å². The van der Waals surface area contributed by atoms with Crippen molar-refractivity contribution < 1.29 is 23.5 Å². The Morgan fingerprint density at radius 2 is 1.54 bits per heavy atom. The lowest BCUT2D eigenvalue weighted by molar-refractivity contribution is 0.0690. The van der Waals surface area contributed by atoms with E-state index in [0.29, 0.717) is 35.6 Å². The van der Waals surface area contributed by atoms with Gasteiger partial charge in [-0.3, -0.25) is 19.4 Å². The van der Waals surface area contributed by atoms with E-state index in [1.54, 1.807) is 30.3 Å². The van der Waals surface area contributed by atoms with Crippen LogP contribution in [0.1, 0.15) is 32.4 Å². The summed E-state index contributed by atoms with van der Waals surface area (Å²) in [6.07, 6.45) is -1.38. The number of anilines is 3. The molecule has 0 spiro atoms. The molecule has 3 heterocycles. The summed E-state index contributed by atoms with van der Waals surface area (Å²) >= 11 is 0. The van der Waals surface area contributed by atoms with Crippen LogP contribution in [0.2, 0.25) is 0 Å². The maximum atomic E-state index is 15.3. The molecule has 3 aromatic rings. The van der Waals surface area contributed by atoms with Gasteiger partial charge in [-0.25, -0.2) is 9.18 Å². The number of halogens is 1. The summed E-state index contributed by atoms with van der Waals surface area (Å²) in [6, 6.07) is 19.8. The average molecular weight is 501 g/mol. The third kappa shape index (κ3) is 3.87. The molecule has 0 unspecified atom stereocenters. The fraction of sp³-hybridized carbons (Fsp3) is 0.250. The third-order valence-corrected chi connectivity index (χ3v) is 7.29. The Bertz CT molecular complexity index is 1400. The van der Waals surface area contributed by atoms with Crippen molar-refractivity contribution in [2.75, 3.05) is 54.5 Å². The van der Waals surface area contributed by atoms with Gasteiger partial charge in [0.05, 0.1) is 29.0 Å². The van der Waals surface area contributed by atoms with Gasteiger partial charge >= 0.3 is 6.09 Å². The highest BCUT2D eigenvalue weighted by molar-refractivity contribution is 6.22. The highest BCUT2D eigenvalue weighted by Gasteiger charge is 2.41. The van der Waals surface area contributed by atoms with E-state index >= 15 is 4.39 Å². The lowest BCUT2D eigenvalue weighted by Gasteiger charge is -2.37. The molecule has 6 rings (SSSR count). The second kappa shape index (κ2) is 8.92. The summed E-state index contributed by atoms with van der Waals surface area (Å²) in [5, 5.41) is 0. The van der Waals surface area contributed by atoms with Crippen molar-refractivity contribution in [3.05, 3.63) is 89.2 Å². The number of ether oxygens (including phenoxy) is 1. The van der Waals surface area contributed by atoms with Crippen molar-refractivity contribution in [2.24, 2.45) is 0 Å². The van der Waals surface area contributed by atoms with E-state index in [1.807, 2.05) is 23.1 Å². The van der Waals surface area contributed by atoms with Crippen LogP contribution < -0.4 is 14.7 Å². The van der Waals surface area contributed by atoms with Crippen LogP contribution in [0.25, 0.3) is 0 Å². The predicted octanol–water partition coefficient (Wildman–Crippen LogP) is 4.08. The molecule has 0 aromatic heterocycles. The number of cyclic esters (lactones) is 1. The number of hydrogen-bond acceptors (Lipinski definition) is 6. The number of carbonyl (C=O) groups is 3. The van der Waals surface area contributed by atoms with E-state index in [0.717, 1.165) is 23.7 Å². The maximum Gasteiger partial charge on any atom is 0.415 e. The fourth-order valence-corrected chi connectivity index (χ4v) is 5.30. The number of fused-ring (bicyclic) bond motifs is 1. The Kier molecular flexibility index (Phi) is 5.55. The molecule has 3 aliphatic rings. The number of benzene rings is 3. The largest absolute Gasteiger partial charge is 0.439 e. The first-order chi connectivity index (χ1) is 17.9. The Morgan fingerprint density at radius 3 is 2.27 bits per heavy atom. The molecule has 188 valence electrons. The smallest absolute Gasteiger partial charge is 0.415 e. The molecule has 3 aliphatic heterocycles. The van der Waals surface area contributed by atoms with Crippen LogP contribution in [0.4, 0.5) is 26.2 Å². The first kappa shape index (κ1) is 23.0. The van der Waals surface area contributed by atoms with Gasteiger partial charge in [0.25, 0.3) is 11.8 Å². The van der Waals surface area contributed by atoms with Gasteiger partial charge in [-0.05, 0) is 36.4 Å². The standard InChI is InChI=1S/C28H25FN4O4/c1-30-26(34)21-9-5-8-20(25(21)27(30)35)24-17-33(28(36)37-24)19-10-11-23(22(29)16-19)32-14-12-31(13-15-32)18-6-3-2-4-7-18/h2-11,16,24H,12-15,17H2,1H3/t24-/m0/s1. The molecule has 0 N–H and O–H groups in total. The highest BCUT2D eigenvalue weighted by atomic mass is 19.1. The maximum absolute atomic E-state index is 15.3. The second-order valence-corrected chi connectivity index (χ2v) is 9.37. The number of hydrogen-bond donors (Lipinski definition) is 0. The van der Waals surface area contributed by atoms with Crippen LogP contribution in [-0.4, -0.2) is 62.6 Å². The Balaban J connectivity index is 1.18. The molecule has 0 aliphatic carbocycles. The van der Waals surface area contributed by atoms with Crippen molar-refractivity contribution in [3.63, 3.8) is 0 Å². The SMILES string of the molecule is CN1C(=O)c2cccc([C@@H]3CN(c4ccc(N5CCN(c6ccccc6)CC5)c(F)c4)C(=O)O3)c2C1=O. The minimum Gasteiger partial charge on any atom is -0.439 e. The van der Waals surface area contributed by atoms with Gasteiger partial charge in [0, 0.05) is 44.5 Å². The van der Waals surface area contributed by atoms with Gasteiger partial charge < -0.3 is 14.5 Å². The topological polar surface area (TPSA) is 73.4 Å². The third-order valence-electron chi connectivity index (χ3n) is 7.29. The fourth-order valence-electron chi connectivity index (χ4n) is 5.30. The van der Waals surface area contributed by atoms with Gasteiger partial charge in [0.2, 0.25) is 0 Å². The lowest BCUT2D eigenvalue weighted by Crippen LogP contribution is -2.46. The number of imide groups is 1. The zero-order valence-electron chi connectivity index (χ0n) is 20.3. The molecular formula is C28H25FN4O4. The first-order valence-corrected chi connectivity index (χ1v) is 12.2. The Hall–Kier alpha value is -4.40. The van der Waals surface area contributed by atoms with E-state index < -0.39 is 23.9 Å². The zero-order valence-corrected chi connectivity index (χ0v) is 20.3. The number of piperazine rings is 1. The van der Waals surface area contributed by atoms with E-state index in [-0.39, 0.29) is 18.0 Å². The van der Waals surface area contributed by atoms with Crippen molar-refractivity contribution in [1.82, 2.24) is 4.90 Å². The molecule has 3 amide bonds. The summed E-state index contributed by atoms with van der Waals surface area (Å²) in [4.78, 5) is 44.4. The normalized spacial score (nSPS) is 19.5. The van der Waals surface area contributed by atoms with Gasteiger partial charge in [0.15, 0.2) is 0 Å². The van der Waals surface area contributed by atoms with Crippen LogP contribution in [-0.2, 0) is 4.74 Å². The van der Waals surface area contributed by atoms with Crippen LogP contribution >= 0.6 is 0 Å². The molecule has 9 heteroatoms. The molecule has 2 saturated heterocycles. The molecule has 1 atom stereocenters. The number of nitrogens with zero attached hydrogens (tertiary/aromatic N) is 4.